The van der Waals surface area contributed by atoms with E-state index in [0.717, 1.165) is 5.56 Å². The van der Waals surface area contributed by atoms with E-state index < -0.39 is 0 Å². The van der Waals surface area contributed by atoms with Crippen molar-refractivity contribution in [1.29, 1.82) is 0 Å². The van der Waals surface area contributed by atoms with E-state index in [1.54, 1.807) is 28.9 Å². The van der Waals surface area contributed by atoms with Gasteiger partial charge in [-0.25, -0.2) is 9.18 Å². The third-order valence-electron chi connectivity index (χ3n) is 3.70. The van der Waals surface area contributed by atoms with Gasteiger partial charge in [-0.1, -0.05) is 12.1 Å². The molecule has 1 aliphatic rings. The Morgan fingerprint density at radius 1 is 1.09 bits per heavy atom. The third-order valence-corrected chi connectivity index (χ3v) is 3.70. The van der Waals surface area contributed by atoms with Gasteiger partial charge >= 0.3 is 6.09 Å². The second-order valence-corrected chi connectivity index (χ2v) is 5.19. The first-order valence-electron chi connectivity index (χ1n) is 7.54. The first-order chi connectivity index (χ1) is 10.6. The maximum absolute atomic E-state index is 12.8. The minimum absolute atomic E-state index is 0.0628. The second-order valence-electron chi connectivity index (χ2n) is 5.19. The molecule has 1 aliphatic heterocycles. The summed E-state index contributed by atoms with van der Waals surface area (Å²) in [6.45, 7) is 4.19. The van der Waals surface area contributed by atoms with E-state index in [4.69, 9.17) is 4.74 Å². The Morgan fingerprint density at radius 2 is 1.68 bits per heavy atom. The Hall–Kier alpha value is -2.11. The predicted octanol–water partition coefficient (Wildman–Crippen LogP) is 2.06. The number of piperazine rings is 1. The number of ether oxygens (including phenoxy) is 1. The van der Waals surface area contributed by atoms with Crippen molar-refractivity contribution in [3.63, 3.8) is 0 Å². The first kappa shape index (κ1) is 16.3. The number of carbonyl (C=O) groups is 2. The van der Waals surface area contributed by atoms with Gasteiger partial charge in [0.1, 0.15) is 5.82 Å². The lowest BCUT2D eigenvalue weighted by Gasteiger charge is -2.34. The van der Waals surface area contributed by atoms with E-state index in [9.17, 15) is 14.0 Å². The van der Waals surface area contributed by atoms with Gasteiger partial charge in [0.2, 0.25) is 5.91 Å². The highest BCUT2D eigenvalue weighted by Crippen LogP contribution is 2.09. The molecule has 2 rings (SSSR count). The first-order valence-corrected chi connectivity index (χ1v) is 7.54. The molecular formula is C16H21FN2O3. The smallest absolute Gasteiger partial charge is 0.409 e. The molecule has 0 unspecified atom stereocenters. The summed E-state index contributed by atoms with van der Waals surface area (Å²) in [7, 11) is 0. The van der Waals surface area contributed by atoms with Crippen LogP contribution >= 0.6 is 0 Å². The van der Waals surface area contributed by atoms with Crippen LogP contribution in [-0.4, -0.2) is 54.6 Å². The van der Waals surface area contributed by atoms with Gasteiger partial charge in [-0.15, -0.1) is 0 Å². The molecule has 1 aromatic carbocycles. The fourth-order valence-corrected chi connectivity index (χ4v) is 2.41. The highest BCUT2D eigenvalue weighted by atomic mass is 19.1. The number of rotatable bonds is 4. The van der Waals surface area contributed by atoms with Gasteiger partial charge in [0.25, 0.3) is 0 Å². The van der Waals surface area contributed by atoms with E-state index in [1.807, 2.05) is 0 Å². The van der Waals surface area contributed by atoms with Crippen LogP contribution in [0.3, 0.4) is 0 Å². The lowest BCUT2D eigenvalue weighted by Crippen LogP contribution is -2.50. The number of benzene rings is 1. The number of nitrogens with zero attached hydrogens (tertiary/aromatic N) is 2. The Morgan fingerprint density at radius 3 is 2.27 bits per heavy atom. The van der Waals surface area contributed by atoms with Gasteiger partial charge in [-0.2, -0.15) is 0 Å². The Balaban J connectivity index is 1.75. The molecule has 2 amide bonds. The molecule has 6 heteroatoms. The van der Waals surface area contributed by atoms with Crippen LogP contribution in [0.15, 0.2) is 24.3 Å². The van der Waals surface area contributed by atoms with Crippen molar-refractivity contribution in [2.45, 2.75) is 19.8 Å². The van der Waals surface area contributed by atoms with Gasteiger partial charge in [0.05, 0.1) is 6.61 Å². The Labute approximate surface area is 129 Å². The molecule has 1 heterocycles. The maximum atomic E-state index is 12.8. The van der Waals surface area contributed by atoms with Crippen LogP contribution in [0.4, 0.5) is 9.18 Å². The molecule has 0 radical (unpaired) electrons. The van der Waals surface area contributed by atoms with Gasteiger partial charge in [0, 0.05) is 32.6 Å². The van der Waals surface area contributed by atoms with Crippen LogP contribution in [-0.2, 0) is 16.0 Å². The van der Waals surface area contributed by atoms with E-state index in [1.165, 1.54) is 12.1 Å². The van der Waals surface area contributed by atoms with Crippen molar-refractivity contribution >= 4 is 12.0 Å². The largest absolute Gasteiger partial charge is 0.450 e. The third kappa shape index (κ3) is 4.44. The van der Waals surface area contributed by atoms with Gasteiger partial charge in [-0.05, 0) is 31.0 Å². The molecule has 1 aromatic rings. The standard InChI is InChI=1S/C16H21FN2O3/c1-2-22-16(21)19-11-9-18(10-12-19)15(20)8-5-13-3-6-14(17)7-4-13/h3-4,6-7H,2,5,8-12H2,1H3. The van der Waals surface area contributed by atoms with Crippen LogP contribution in [0.2, 0.25) is 0 Å². The maximum Gasteiger partial charge on any atom is 0.409 e. The average Bonchev–Trinajstić information content (AvgIpc) is 2.54. The Bertz CT molecular complexity index is 511. The minimum Gasteiger partial charge on any atom is -0.450 e. The van der Waals surface area contributed by atoms with Crippen LogP contribution in [0.1, 0.15) is 18.9 Å². The quantitative estimate of drug-likeness (QED) is 0.855. The predicted molar refractivity (Wildman–Crippen MR) is 79.9 cm³/mol. The molecule has 0 N–H and O–H groups in total. The van der Waals surface area contributed by atoms with Gasteiger partial charge in [0.15, 0.2) is 0 Å². The van der Waals surface area contributed by atoms with E-state index >= 15 is 0 Å². The zero-order valence-electron chi connectivity index (χ0n) is 12.8. The number of carbonyl (C=O) groups excluding carboxylic acids is 2. The van der Waals surface area contributed by atoms with Crippen molar-refractivity contribution in [2.24, 2.45) is 0 Å². The molecule has 22 heavy (non-hydrogen) atoms. The summed E-state index contributed by atoms with van der Waals surface area (Å²) in [4.78, 5) is 27.1. The summed E-state index contributed by atoms with van der Waals surface area (Å²) in [5.41, 5.74) is 0.944. The molecule has 0 aliphatic carbocycles. The molecule has 0 aromatic heterocycles. The molecule has 0 saturated carbocycles. The molecule has 1 fully saturated rings. The van der Waals surface area contributed by atoms with E-state index in [-0.39, 0.29) is 17.8 Å². The van der Waals surface area contributed by atoms with Crippen LogP contribution in [0, 0.1) is 5.82 Å². The number of amides is 2. The second kappa shape index (κ2) is 7.77. The average molecular weight is 308 g/mol. The van der Waals surface area contributed by atoms with Crippen LogP contribution in [0.5, 0.6) is 0 Å². The summed E-state index contributed by atoms with van der Waals surface area (Å²) < 4.78 is 17.8. The number of halogens is 1. The molecular weight excluding hydrogens is 287 g/mol. The highest BCUT2D eigenvalue weighted by Gasteiger charge is 2.24. The van der Waals surface area contributed by atoms with Gasteiger partial charge in [-0.3, -0.25) is 4.79 Å². The molecule has 1 saturated heterocycles. The molecule has 5 nitrogen and oxygen atoms in total. The SMILES string of the molecule is CCOC(=O)N1CCN(C(=O)CCc2ccc(F)cc2)CC1. The Kier molecular flexibility index (Phi) is 5.75. The summed E-state index contributed by atoms with van der Waals surface area (Å²) in [5, 5.41) is 0. The van der Waals surface area contributed by atoms with E-state index in [0.29, 0.717) is 45.6 Å². The monoisotopic (exact) mass is 308 g/mol. The molecule has 0 atom stereocenters. The number of hydrogen-bond donors (Lipinski definition) is 0. The fourth-order valence-electron chi connectivity index (χ4n) is 2.41. The molecule has 0 bridgehead atoms. The molecule has 0 spiro atoms. The van der Waals surface area contributed by atoms with Crippen molar-refractivity contribution in [3.8, 4) is 0 Å². The van der Waals surface area contributed by atoms with Crippen molar-refractivity contribution in [3.05, 3.63) is 35.6 Å². The highest BCUT2D eigenvalue weighted by molar-refractivity contribution is 5.77. The van der Waals surface area contributed by atoms with Crippen molar-refractivity contribution in [1.82, 2.24) is 9.80 Å². The normalized spacial score (nSPS) is 14.8. The fraction of sp³-hybridized carbons (Fsp3) is 0.500. The van der Waals surface area contributed by atoms with Crippen molar-refractivity contribution in [2.75, 3.05) is 32.8 Å². The zero-order valence-corrected chi connectivity index (χ0v) is 12.8. The van der Waals surface area contributed by atoms with Crippen LogP contribution in [0.25, 0.3) is 0 Å². The number of hydrogen-bond acceptors (Lipinski definition) is 3. The summed E-state index contributed by atoms with van der Waals surface area (Å²) in [6.07, 6.45) is 0.670. The lowest BCUT2D eigenvalue weighted by atomic mass is 10.1. The van der Waals surface area contributed by atoms with Gasteiger partial charge < -0.3 is 14.5 Å². The summed E-state index contributed by atoms with van der Waals surface area (Å²) >= 11 is 0. The lowest BCUT2D eigenvalue weighted by molar-refractivity contribution is -0.132. The minimum atomic E-state index is -0.319. The zero-order chi connectivity index (χ0) is 15.9. The van der Waals surface area contributed by atoms with E-state index in [2.05, 4.69) is 0 Å². The number of aryl methyl sites for hydroxylation is 1. The van der Waals surface area contributed by atoms with Crippen molar-refractivity contribution < 1.29 is 18.7 Å². The summed E-state index contributed by atoms with van der Waals surface area (Å²) in [6, 6.07) is 6.19. The summed E-state index contributed by atoms with van der Waals surface area (Å²) in [5.74, 6) is -0.210. The molecule has 120 valence electrons. The van der Waals surface area contributed by atoms with Crippen LogP contribution < -0.4 is 0 Å². The topological polar surface area (TPSA) is 49.9 Å².